The molecule has 2 N–H and O–H groups in total. The maximum absolute atomic E-state index is 12.2. The minimum atomic E-state index is -1.27. The van der Waals surface area contributed by atoms with Crippen LogP contribution in [0.1, 0.15) is 22.3 Å². The summed E-state index contributed by atoms with van der Waals surface area (Å²) in [6.45, 7) is 1.93. The number of aryl methyl sites for hydroxylation is 1. The van der Waals surface area contributed by atoms with Gasteiger partial charge in [0.2, 0.25) is 11.8 Å². The molecule has 1 atom stereocenters. The van der Waals surface area contributed by atoms with Crippen LogP contribution in [-0.4, -0.2) is 28.2 Å². The van der Waals surface area contributed by atoms with Gasteiger partial charge in [0.25, 0.3) is 0 Å². The van der Waals surface area contributed by atoms with Crippen LogP contribution in [-0.2, 0) is 9.59 Å². The number of nitrogens with zero attached hydrogens (tertiary/aromatic N) is 1. The van der Waals surface area contributed by atoms with Gasteiger partial charge in [0.1, 0.15) is 5.25 Å². The van der Waals surface area contributed by atoms with E-state index in [0.717, 1.165) is 5.56 Å². The van der Waals surface area contributed by atoms with Crippen LogP contribution < -0.4 is 15.7 Å². The maximum Gasteiger partial charge on any atom is 0.240 e. The molecule has 0 aromatic heterocycles. The van der Waals surface area contributed by atoms with Crippen molar-refractivity contribution in [3.63, 3.8) is 0 Å². The number of carbonyl (C=O) groups excluding carboxylic acids is 3. The Kier molecular flexibility index (Phi) is 5.56. The molecule has 1 aliphatic heterocycles. The molecule has 1 heterocycles. The molecule has 0 aliphatic carbocycles. The van der Waals surface area contributed by atoms with Crippen LogP contribution in [0.4, 0.5) is 11.4 Å². The highest BCUT2D eigenvalue weighted by molar-refractivity contribution is 8.15. The third-order valence-corrected chi connectivity index (χ3v) is 4.86. The number of hydrogen-bond acceptors (Lipinski definition) is 6. The lowest BCUT2D eigenvalue weighted by Crippen LogP contribution is -2.28. The molecule has 1 saturated heterocycles. The standard InChI is InChI=1S/C19H17N3O4S/c1-11-3-2-4-14(9-11)20-16(23)10-15-17(24)22-19(27-15)21-13-7-5-12(6-8-13)18(25)26/h2-9,15H,10H2,1H3,(H,20,23)(H,25,26)(H,21,22,24)/p-1/t15-/m0/s1. The molecular weight excluding hydrogens is 366 g/mol. The molecule has 3 rings (SSSR count). The fourth-order valence-corrected chi connectivity index (χ4v) is 3.47. The van der Waals surface area contributed by atoms with E-state index in [1.165, 1.54) is 36.0 Å². The number of anilines is 1. The van der Waals surface area contributed by atoms with Crippen molar-refractivity contribution >= 4 is 46.1 Å². The van der Waals surface area contributed by atoms with E-state index in [1.54, 1.807) is 6.07 Å². The number of carboxylic acid groups (broad SMARTS) is 1. The average molecular weight is 382 g/mol. The molecule has 0 radical (unpaired) electrons. The Bertz CT molecular complexity index is 925. The lowest BCUT2D eigenvalue weighted by Gasteiger charge is -2.08. The Morgan fingerprint density at radius 3 is 2.63 bits per heavy atom. The van der Waals surface area contributed by atoms with E-state index in [4.69, 9.17) is 0 Å². The van der Waals surface area contributed by atoms with E-state index < -0.39 is 11.2 Å². The molecule has 0 saturated carbocycles. The van der Waals surface area contributed by atoms with Gasteiger partial charge in [-0.15, -0.1) is 0 Å². The van der Waals surface area contributed by atoms with Gasteiger partial charge < -0.3 is 20.5 Å². The summed E-state index contributed by atoms with van der Waals surface area (Å²) < 4.78 is 0. The van der Waals surface area contributed by atoms with E-state index in [2.05, 4.69) is 15.6 Å². The van der Waals surface area contributed by atoms with Crippen LogP contribution in [0.15, 0.2) is 53.5 Å². The molecule has 1 aliphatic rings. The largest absolute Gasteiger partial charge is 0.545 e. The van der Waals surface area contributed by atoms with E-state index in [0.29, 0.717) is 16.5 Å². The van der Waals surface area contributed by atoms with Crippen molar-refractivity contribution in [1.29, 1.82) is 0 Å². The highest BCUT2D eigenvalue weighted by Crippen LogP contribution is 2.25. The molecule has 7 nitrogen and oxygen atoms in total. The Morgan fingerprint density at radius 2 is 1.96 bits per heavy atom. The molecule has 0 bridgehead atoms. The summed E-state index contributed by atoms with van der Waals surface area (Å²) in [7, 11) is 0. The summed E-state index contributed by atoms with van der Waals surface area (Å²) in [6, 6.07) is 13.2. The number of nitrogens with one attached hydrogen (secondary N) is 2. The Morgan fingerprint density at radius 1 is 1.22 bits per heavy atom. The number of carbonyl (C=O) groups is 3. The van der Waals surface area contributed by atoms with E-state index in [1.807, 2.05) is 25.1 Å². The van der Waals surface area contributed by atoms with Crippen LogP contribution >= 0.6 is 11.8 Å². The zero-order valence-corrected chi connectivity index (χ0v) is 15.2. The van der Waals surface area contributed by atoms with Crippen molar-refractivity contribution in [3.8, 4) is 0 Å². The minimum Gasteiger partial charge on any atom is -0.545 e. The SMILES string of the molecule is Cc1cccc(NC(=O)C[C@@H]2SC(=Nc3ccc(C(=O)[O-])cc3)NC2=O)c1. The van der Waals surface area contributed by atoms with Gasteiger partial charge in [-0.05, 0) is 42.3 Å². The number of amides is 2. The highest BCUT2D eigenvalue weighted by atomic mass is 32.2. The summed E-state index contributed by atoms with van der Waals surface area (Å²) in [4.78, 5) is 39.3. The van der Waals surface area contributed by atoms with Gasteiger partial charge in [0, 0.05) is 12.1 Å². The molecule has 0 spiro atoms. The molecule has 8 heteroatoms. The van der Waals surface area contributed by atoms with Crippen molar-refractivity contribution in [1.82, 2.24) is 5.32 Å². The first-order valence-electron chi connectivity index (χ1n) is 8.15. The molecular formula is C19H16N3O4S-. The number of amidine groups is 1. The maximum atomic E-state index is 12.2. The average Bonchev–Trinajstić information content (AvgIpc) is 2.94. The number of benzene rings is 2. The smallest absolute Gasteiger partial charge is 0.240 e. The Balaban J connectivity index is 1.61. The normalized spacial score (nSPS) is 17.6. The molecule has 1 fully saturated rings. The second kappa shape index (κ2) is 8.05. The first-order valence-corrected chi connectivity index (χ1v) is 9.03. The third-order valence-electron chi connectivity index (χ3n) is 3.78. The number of thioether (sulfide) groups is 1. The van der Waals surface area contributed by atoms with Crippen LogP contribution in [0.25, 0.3) is 0 Å². The summed E-state index contributed by atoms with van der Waals surface area (Å²) in [5.41, 5.74) is 2.26. The van der Waals surface area contributed by atoms with Gasteiger partial charge >= 0.3 is 0 Å². The first-order chi connectivity index (χ1) is 12.9. The number of aliphatic imine (C=N–C) groups is 1. The number of carboxylic acids is 1. The monoisotopic (exact) mass is 382 g/mol. The minimum absolute atomic E-state index is 0.0209. The van der Waals surface area contributed by atoms with Gasteiger partial charge in [-0.3, -0.25) is 9.59 Å². The van der Waals surface area contributed by atoms with Crippen LogP contribution in [0.3, 0.4) is 0 Å². The molecule has 2 aromatic rings. The second-order valence-corrected chi connectivity index (χ2v) is 7.16. The van der Waals surface area contributed by atoms with Gasteiger partial charge in [0.15, 0.2) is 5.17 Å². The van der Waals surface area contributed by atoms with Gasteiger partial charge in [-0.1, -0.05) is 36.0 Å². The second-order valence-electron chi connectivity index (χ2n) is 5.97. The van der Waals surface area contributed by atoms with Crippen molar-refractivity contribution in [3.05, 3.63) is 59.7 Å². The highest BCUT2D eigenvalue weighted by Gasteiger charge is 2.32. The molecule has 2 aromatic carbocycles. The summed E-state index contributed by atoms with van der Waals surface area (Å²) >= 11 is 1.17. The number of rotatable bonds is 5. The summed E-state index contributed by atoms with van der Waals surface area (Å²) in [5, 5.41) is 16.0. The number of aromatic carboxylic acids is 1. The van der Waals surface area contributed by atoms with Crippen molar-refractivity contribution in [2.75, 3.05) is 5.32 Å². The van der Waals surface area contributed by atoms with Gasteiger partial charge in [0.05, 0.1) is 11.7 Å². The van der Waals surface area contributed by atoms with Crippen molar-refractivity contribution in [2.24, 2.45) is 4.99 Å². The van der Waals surface area contributed by atoms with Crippen LogP contribution in [0, 0.1) is 6.92 Å². The quantitative estimate of drug-likeness (QED) is 0.816. The first kappa shape index (κ1) is 18.7. The van der Waals surface area contributed by atoms with Crippen molar-refractivity contribution in [2.45, 2.75) is 18.6 Å². The van der Waals surface area contributed by atoms with Gasteiger partial charge in [-0.25, -0.2) is 4.99 Å². The lowest BCUT2D eigenvalue weighted by molar-refractivity contribution is -0.255. The third kappa shape index (κ3) is 4.95. The van der Waals surface area contributed by atoms with E-state index in [-0.39, 0.29) is 23.8 Å². The predicted octanol–water partition coefficient (Wildman–Crippen LogP) is 1.61. The Labute approximate surface area is 159 Å². The fourth-order valence-electron chi connectivity index (χ4n) is 2.48. The molecule has 2 amide bonds. The number of hydrogen-bond donors (Lipinski definition) is 2. The van der Waals surface area contributed by atoms with E-state index in [9.17, 15) is 19.5 Å². The molecule has 0 unspecified atom stereocenters. The zero-order chi connectivity index (χ0) is 19.4. The predicted molar refractivity (Wildman–Crippen MR) is 102 cm³/mol. The fraction of sp³-hybridized carbons (Fsp3) is 0.158. The van der Waals surface area contributed by atoms with E-state index >= 15 is 0 Å². The van der Waals surface area contributed by atoms with Crippen molar-refractivity contribution < 1.29 is 19.5 Å². The van der Waals surface area contributed by atoms with Gasteiger partial charge in [-0.2, -0.15) is 0 Å². The zero-order valence-electron chi connectivity index (χ0n) is 14.4. The summed E-state index contributed by atoms with van der Waals surface area (Å²) in [5.74, 6) is -1.81. The van der Waals surface area contributed by atoms with Crippen LogP contribution in [0.2, 0.25) is 0 Å². The topological polar surface area (TPSA) is 111 Å². The van der Waals surface area contributed by atoms with Crippen LogP contribution in [0.5, 0.6) is 0 Å². The summed E-state index contributed by atoms with van der Waals surface area (Å²) in [6.07, 6.45) is 0.0209. The molecule has 27 heavy (non-hydrogen) atoms. The Hall–Kier alpha value is -3.13. The lowest BCUT2D eigenvalue weighted by atomic mass is 10.2. The molecule has 138 valence electrons.